The van der Waals surface area contributed by atoms with E-state index in [9.17, 15) is 8.78 Å². The molecule has 0 fully saturated rings. The molecule has 12 heavy (non-hydrogen) atoms. The van der Waals surface area contributed by atoms with Crippen LogP contribution in [0.1, 0.15) is 12.0 Å². The standard InChI is InChI=1S/C6H2Br2F2IN/c7-4-2(6(9)10)1-3(11)12-5(4)8/h1,6H. The van der Waals surface area contributed by atoms with Crippen LogP contribution >= 0.6 is 54.5 Å². The maximum atomic E-state index is 12.3. The van der Waals surface area contributed by atoms with Gasteiger partial charge in [0.1, 0.15) is 8.30 Å². The van der Waals surface area contributed by atoms with Crippen molar-refractivity contribution in [3.05, 3.63) is 24.4 Å². The molecule has 0 bridgehead atoms. The third-order valence-electron chi connectivity index (χ3n) is 1.15. The first-order valence-corrected chi connectivity index (χ1v) is 5.48. The lowest BCUT2D eigenvalue weighted by atomic mass is 10.3. The molecule has 0 aliphatic heterocycles. The summed E-state index contributed by atoms with van der Waals surface area (Å²) in [4.78, 5) is 3.94. The number of rotatable bonds is 1. The van der Waals surface area contributed by atoms with Crippen molar-refractivity contribution in [1.82, 2.24) is 4.98 Å². The SMILES string of the molecule is FC(F)c1cc(I)nc(Br)c1Br. The van der Waals surface area contributed by atoms with Crippen molar-refractivity contribution >= 4 is 54.5 Å². The summed E-state index contributed by atoms with van der Waals surface area (Å²) in [6.45, 7) is 0. The summed E-state index contributed by atoms with van der Waals surface area (Å²) in [5, 5.41) is 0. The van der Waals surface area contributed by atoms with Gasteiger partial charge in [-0.1, -0.05) is 0 Å². The van der Waals surface area contributed by atoms with E-state index >= 15 is 0 Å². The van der Waals surface area contributed by atoms with Crippen LogP contribution in [0.15, 0.2) is 15.1 Å². The molecule has 0 aliphatic rings. The van der Waals surface area contributed by atoms with Gasteiger partial charge in [-0.3, -0.25) is 0 Å². The summed E-state index contributed by atoms with van der Waals surface area (Å²) in [5.41, 5.74) is -0.0405. The van der Waals surface area contributed by atoms with E-state index < -0.39 is 6.43 Å². The molecule has 0 unspecified atom stereocenters. The van der Waals surface area contributed by atoms with Crippen molar-refractivity contribution in [2.45, 2.75) is 6.43 Å². The van der Waals surface area contributed by atoms with E-state index in [1.807, 2.05) is 22.6 Å². The summed E-state index contributed by atoms with van der Waals surface area (Å²) >= 11 is 7.98. The predicted molar refractivity (Wildman–Crippen MR) is 57.3 cm³/mol. The summed E-state index contributed by atoms with van der Waals surface area (Å²) in [6.07, 6.45) is -2.48. The second kappa shape index (κ2) is 4.28. The molecule has 0 N–H and O–H groups in total. The highest BCUT2D eigenvalue weighted by molar-refractivity contribution is 14.1. The maximum absolute atomic E-state index is 12.3. The Labute approximate surface area is 98.3 Å². The van der Waals surface area contributed by atoms with Gasteiger partial charge in [-0.15, -0.1) is 0 Å². The summed E-state index contributed by atoms with van der Waals surface area (Å²) in [5.74, 6) is 0. The van der Waals surface area contributed by atoms with Crippen LogP contribution in [-0.2, 0) is 0 Å². The van der Waals surface area contributed by atoms with Crippen LogP contribution in [0.5, 0.6) is 0 Å². The van der Waals surface area contributed by atoms with Crippen LogP contribution < -0.4 is 0 Å². The Morgan fingerprint density at radius 3 is 2.50 bits per heavy atom. The molecule has 1 aromatic rings. The number of halogens is 5. The lowest BCUT2D eigenvalue weighted by molar-refractivity contribution is 0.150. The molecule has 1 rings (SSSR count). The minimum Gasteiger partial charge on any atom is -0.234 e. The fourth-order valence-electron chi connectivity index (χ4n) is 0.645. The zero-order chi connectivity index (χ0) is 9.30. The molecule has 0 aromatic carbocycles. The van der Waals surface area contributed by atoms with Gasteiger partial charge in [-0.2, -0.15) is 0 Å². The maximum Gasteiger partial charge on any atom is 0.265 e. The number of aromatic nitrogens is 1. The van der Waals surface area contributed by atoms with Crippen molar-refractivity contribution in [2.75, 3.05) is 0 Å². The smallest absolute Gasteiger partial charge is 0.234 e. The van der Waals surface area contributed by atoms with E-state index in [1.165, 1.54) is 6.07 Å². The molecule has 1 nitrogen and oxygen atoms in total. The molecule has 0 spiro atoms. The van der Waals surface area contributed by atoms with Crippen molar-refractivity contribution in [2.24, 2.45) is 0 Å². The van der Waals surface area contributed by atoms with E-state index in [1.54, 1.807) is 0 Å². The van der Waals surface area contributed by atoms with Crippen LogP contribution in [0.3, 0.4) is 0 Å². The van der Waals surface area contributed by atoms with Gasteiger partial charge in [0, 0.05) is 5.56 Å². The van der Waals surface area contributed by atoms with Crippen molar-refractivity contribution < 1.29 is 8.78 Å². The van der Waals surface area contributed by atoms with Crippen LogP contribution in [0.2, 0.25) is 0 Å². The lowest BCUT2D eigenvalue weighted by Gasteiger charge is -2.04. The minimum absolute atomic E-state index is 0.0405. The largest absolute Gasteiger partial charge is 0.265 e. The molecular formula is C6H2Br2F2IN. The van der Waals surface area contributed by atoms with Crippen LogP contribution in [0.25, 0.3) is 0 Å². The Bertz CT molecular complexity index is 306. The number of hydrogen-bond donors (Lipinski definition) is 0. The van der Waals surface area contributed by atoms with Gasteiger partial charge in [0.2, 0.25) is 0 Å². The van der Waals surface area contributed by atoms with Gasteiger partial charge >= 0.3 is 0 Å². The van der Waals surface area contributed by atoms with Gasteiger partial charge in [0.15, 0.2) is 0 Å². The van der Waals surface area contributed by atoms with Crippen molar-refractivity contribution in [1.29, 1.82) is 0 Å². The molecule has 0 saturated heterocycles. The number of hydrogen-bond acceptors (Lipinski definition) is 1. The Morgan fingerprint density at radius 2 is 2.00 bits per heavy atom. The quantitative estimate of drug-likeness (QED) is 0.499. The molecule has 1 heterocycles. The third-order valence-corrected chi connectivity index (χ3v) is 3.64. The van der Waals surface area contributed by atoms with Crippen molar-refractivity contribution in [3.8, 4) is 0 Å². The molecular weight excluding hydrogens is 411 g/mol. The fraction of sp³-hybridized carbons (Fsp3) is 0.167. The Balaban J connectivity index is 3.28. The number of pyridine rings is 1. The summed E-state index contributed by atoms with van der Waals surface area (Å²) < 4.78 is 25.9. The molecule has 0 atom stereocenters. The zero-order valence-corrected chi connectivity index (χ0v) is 10.8. The van der Waals surface area contributed by atoms with Crippen LogP contribution in [0.4, 0.5) is 8.78 Å². The molecule has 1 aromatic heterocycles. The first kappa shape index (κ1) is 10.8. The minimum atomic E-state index is -2.48. The Hall–Kier alpha value is 0.700. The van der Waals surface area contributed by atoms with Gasteiger partial charge in [-0.25, -0.2) is 13.8 Å². The third kappa shape index (κ3) is 2.35. The van der Waals surface area contributed by atoms with Crippen LogP contribution in [0, 0.1) is 3.70 Å². The number of nitrogens with zero attached hydrogens (tertiary/aromatic N) is 1. The first-order valence-electron chi connectivity index (χ1n) is 2.82. The molecule has 6 heteroatoms. The Morgan fingerprint density at radius 1 is 1.42 bits per heavy atom. The average molecular weight is 413 g/mol. The monoisotopic (exact) mass is 411 g/mol. The van der Waals surface area contributed by atoms with E-state index in [-0.39, 0.29) is 5.56 Å². The van der Waals surface area contributed by atoms with E-state index in [0.29, 0.717) is 12.8 Å². The fourth-order valence-corrected chi connectivity index (χ4v) is 2.35. The van der Waals surface area contributed by atoms with E-state index in [0.717, 1.165) is 0 Å². The first-order chi connectivity index (χ1) is 5.52. The average Bonchev–Trinajstić information content (AvgIpc) is 1.96. The summed E-state index contributed by atoms with van der Waals surface area (Å²) in [6, 6.07) is 1.35. The normalized spacial score (nSPS) is 10.8. The zero-order valence-electron chi connectivity index (χ0n) is 5.49. The highest BCUT2D eigenvalue weighted by Gasteiger charge is 2.15. The second-order valence-electron chi connectivity index (χ2n) is 1.94. The molecule has 66 valence electrons. The highest BCUT2D eigenvalue weighted by atomic mass is 127. The molecule has 0 radical (unpaired) electrons. The van der Waals surface area contributed by atoms with Gasteiger partial charge in [-0.05, 0) is 60.5 Å². The number of alkyl halides is 2. The van der Waals surface area contributed by atoms with E-state index in [4.69, 9.17) is 0 Å². The highest BCUT2D eigenvalue weighted by Crippen LogP contribution is 2.32. The van der Waals surface area contributed by atoms with Gasteiger partial charge < -0.3 is 0 Å². The van der Waals surface area contributed by atoms with E-state index in [2.05, 4.69) is 36.8 Å². The second-order valence-corrected chi connectivity index (χ2v) is 4.59. The van der Waals surface area contributed by atoms with Gasteiger partial charge in [0.25, 0.3) is 6.43 Å². The summed E-state index contributed by atoms with van der Waals surface area (Å²) in [7, 11) is 0. The van der Waals surface area contributed by atoms with Crippen LogP contribution in [-0.4, -0.2) is 4.98 Å². The van der Waals surface area contributed by atoms with Crippen molar-refractivity contribution in [3.63, 3.8) is 0 Å². The van der Waals surface area contributed by atoms with Gasteiger partial charge in [0.05, 0.1) is 4.47 Å². The lowest BCUT2D eigenvalue weighted by Crippen LogP contribution is -1.92. The predicted octanol–water partition coefficient (Wildman–Crippen LogP) is 4.15. The topological polar surface area (TPSA) is 12.9 Å². The molecule has 0 amide bonds. The molecule has 0 saturated carbocycles. The Kier molecular flexibility index (Phi) is 3.84. The molecule has 0 aliphatic carbocycles.